The molecular weight excluding hydrogens is 470 g/mol. The van der Waals surface area contributed by atoms with Gasteiger partial charge in [-0.1, -0.05) is 60.7 Å². The average Bonchev–Trinajstić information content (AvgIpc) is 2.91. The molecule has 0 spiro atoms. The number of carbonyl (C=O) groups excluding carboxylic acids is 1. The van der Waals surface area contributed by atoms with Crippen molar-refractivity contribution in [3.63, 3.8) is 0 Å². The van der Waals surface area contributed by atoms with Gasteiger partial charge < -0.3 is 24.2 Å². The fourth-order valence-corrected chi connectivity index (χ4v) is 3.85. The summed E-state index contributed by atoms with van der Waals surface area (Å²) in [5.41, 5.74) is 2.13. The maximum atomic E-state index is 12.9. The molecule has 1 amide bonds. The summed E-state index contributed by atoms with van der Waals surface area (Å²) in [6, 6.07) is 26.6. The Morgan fingerprint density at radius 2 is 1.49 bits per heavy atom. The molecule has 0 bridgehead atoms. The lowest BCUT2D eigenvalue weighted by molar-refractivity contribution is -0.149. The summed E-state index contributed by atoms with van der Waals surface area (Å²) in [6.45, 7) is 3.36. The Morgan fingerprint density at radius 3 is 2.14 bits per heavy atom. The molecular formula is C30H35NO6. The van der Waals surface area contributed by atoms with Crippen LogP contribution >= 0.6 is 0 Å². The number of amides is 1. The van der Waals surface area contributed by atoms with Gasteiger partial charge in [-0.2, -0.15) is 0 Å². The second kappa shape index (κ2) is 15.3. The van der Waals surface area contributed by atoms with Crippen molar-refractivity contribution in [2.24, 2.45) is 0 Å². The van der Waals surface area contributed by atoms with Crippen molar-refractivity contribution < 1.29 is 28.9 Å². The first-order valence-corrected chi connectivity index (χ1v) is 12.7. The van der Waals surface area contributed by atoms with E-state index in [0.29, 0.717) is 37.8 Å². The van der Waals surface area contributed by atoms with Crippen molar-refractivity contribution in [3.05, 3.63) is 96.1 Å². The highest BCUT2D eigenvalue weighted by atomic mass is 16.6. The van der Waals surface area contributed by atoms with E-state index in [0.717, 1.165) is 24.8 Å². The van der Waals surface area contributed by atoms with Crippen molar-refractivity contribution in [1.82, 2.24) is 4.90 Å². The van der Waals surface area contributed by atoms with E-state index in [9.17, 15) is 14.7 Å². The molecule has 0 heterocycles. The number of ether oxygens (including phenoxy) is 3. The number of carboxylic acids is 1. The second-order valence-electron chi connectivity index (χ2n) is 8.59. The SMILES string of the molecule is CCOC(Cc1ccc(OCCN(CCCCc2ccccc2)C(=O)Oc2ccccc2)cc1)C(=O)O. The van der Waals surface area contributed by atoms with Crippen molar-refractivity contribution in [3.8, 4) is 11.5 Å². The van der Waals surface area contributed by atoms with Gasteiger partial charge in [0.15, 0.2) is 6.10 Å². The lowest BCUT2D eigenvalue weighted by Crippen LogP contribution is -2.37. The highest BCUT2D eigenvalue weighted by molar-refractivity contribution is 5.72. The van der Waals surface area contributed by atoms with Crippen LogP contribution < -0.4 is 9.47 Å². The number of aliphatic carboxylic acids is 1. The minimum Gasteiger partial charge on any atom is -0.492 e. The van der Waals surface area contributed by atoms with Gasteiger partial charge in [0.1, 0.15) is 18.1 Å². The van der Waals surface area contributed by atoms with Crippen LogP contribution in [0.15, 0.2) is 84.9 Å². The van der Waals surface area contributed by atoms with Crippen molar-refractivity contribution in [2.45, 2.75) is 38.7 Å². The van der Waals surface area contributed by atoms with Gasteiger partial charge in [0.25, 0.3) is 0 Å². The Balaban J connectivity index is 1.51. The number of carbonyl (C=O) groups is 2. The van der Waals surface area contributed by atoms with E-state index >= 15 is 0 Å². The van der Waals surface area contributed by atoms with E-state index in [2.05, 4.69) is 12.1 Å². The Bertz CT molecular complexity index is 1070. The van der Waals surface area contributed by atoms with Crippen LogP contribution in [0.25, 0.3) is 0 Å². The molecule has 0 aliphatic heterocycles. The van der Waals surface area contributed by atoms with Gasteiger partial charge >= 0.3 is 12.1 Å². The zero-order valence-electron chi connectivity index (χ0n) is 21.3. The highest BCUT2D eigenvalue weighted by Crippen LogP contribution is 2.16. The molecule has 1 N–H and O–H groups in total. The number of hydrogen-bond donors (Lipinski definition) is 1. The van der Waals surface area contributed by atoms with Crippen molar-refractivity contribution in [2.75, 3.05) is 26.3 Å². The van der Waals surface area contributed by atoms with Crippen LogP contribution in [0.5, 0.6) is 11.5 Å². The first kappa shape index (κ1) is 27.7. The van der Waals surface area contributed by atoms with Crippen LogP contribution in [-0.4, -0.2) is 54.5 Å². The molecule has 7 heteroatoms. The van der Waals surface area contributed by atoms with Crippen LogP contribution in [0.3, 0.4) is 0 Å². The Morgan fingerprint density at radius 1 is 0.811 bits per heavy atom. The first-order valence-electron chi connectivity index (χ1n) is 12.7. The molecule has 196 valence electrons. The number of unbranched alkanes of at least 4 members (excludes halogenated alkanes) is 1. The predicted molar refractivity (Wildman–Crippen MR) is 142 cm³/mol. The maximum absolute atomic E-state index is 12.9. The number of benzene rings is 3. The van der Waals surface area contributed by atoms with E-state index in [1.807, 2.05) is 48.5 Å². The molecule has 1 atom stereocenters. The molecule has 0 saturated heterocycles. The van der Waals surface area contributed by atoms with Gasteiger partial charge in [-0.15, -0.1) is 0 Å². The Kier molecular flexibility index (Phi) is 11.5. The third-order valence-electron chi connectivity index (χ3n) is 5.81. The molecule has 3 rings (SSSR count). The zero-order chi connectivity index (χ0) is 26.3. The highest BCUT2D eigenvalue weighted by Gasteiger charge is 2.18. The molecule has 0 radical (unpaired) electrons. The van der Waals surface area contributed by atoms with Crippen molar-refractivity contribution in [1.29, 1.82) is 0 Å². The Hall–Kier alpha value is -3.84. The minimum absolute atomic E-state index is 0.283. The lowest BCUT2D eigenvalue weighted by atomic mass is 10.1. The van der Waals surface area contributed by atoms with Gasteiger partial charge in [-0.05, 0) is 61.6 Å². The standard InChI is InChI=1S/C30H35NO6/c1-2-35-28(29(32)33)23-25-16-18-26(19-17-25)36-22-21-31(30(34)37-27-14-7-4-8-15-27)20-10-9-13-24-11-5-3-6-12-24/h3-8,11-12,14-19,28H,2,9-10,13,20-23H2,1H3,(H,32,33). The van der Waals surface area contributed by atoms with Crippen LogP contribution in [0.2, 0.25) is 0 Å². The van der Waals surface area contributed by atoms with Crippen molar-refractivity contribution >= 4 is 12.1 Å². The van der Waals surface area contributed by atoms with Crippen LogP contribution in [0.1, 0.15) is 30.9 Å². The van der Waals surface area contributed by atoms with E-state index in [1.54, 1.807) is 36.1 Å². The largest absolute Gasteiger partial charge is 0.492 e. The summed E-state index contributed by atoms with van der Waals surface area (Å²) in [7, 11) is 0. The summed E-state index contributed by atoms with van der Waals surface area (Å²) in [4.78, 5) is 25.8. The molecule has 3 aromatic rings. The normalized spacial score (nSPS) is 11.5. The van der Waals surface area contributed by atoms with Crippen LogP contribution in [0.4, 0.5) is 4.79 Å². The molecule has 0 saturated carbocycles. The number of hydrogen-bond acceptors (Lipinski definition) is 5. The van der Waals surface area contributed by atoms with Crippen LogP contribution in [0, 0.1) is 0 Å². The number of nitrogens with zero attached hydrogens (tertiary/aromatic N) is 1. The number of para-hydroxylation sites is 1. The van der Waals surface area contributed by atoms with Gasteiger partial charge in [0.2, 0.25) is 0 Å². The van der Waals surface area contributed by atoms with E-state index < -0.39 is 18.2 Å². The number of aryl methyl sites for hydroxylation is 1. The van der Waals surface area contributed by atoms with E-state index in [-0.39, 0.29) is 6.42 Å². The second-order valence-corrected chi connectivity index (χ2v) is 8.59. The monoisotopic (exact) mass is 505 g/mol. The fraction of sp³-hybridized carbons (Fsp3) is 0.333. The lowest BCUT2D eigenvalue weighted by Gasteiger charge is -2.22. The summed E-state index contributed by atoms with van der Waals surface area (Å²) < 4.78 is 16.7. The maximum Gasteiger partial charge on any atom is 0.415 e. The molecule has 0 aliphatic rings. The first-order chi connectivity index (χ1) is 18.0. The topological polar surface area (TPSA) is 85.3 Å². The summed E-state index contributed by atoms with van der Waals surface area (Å²) in [5.74, 6) is 0.172. The summed E-state index contributed by atoms with van der Waals surface area (Å²) in [6.07, 6.45) is 1.77. The van der Waals surface area contributed by atoms with Gasteiger partial charge in [-0.3, -0.25) is 0 Å². The average molecular weight is 506 g/mol. The van der Waals surface area contributed by atoms with Gasteiger partial charge in [-0.25, -0.2) is 9.59 Å². The molecule has 37 heavy (non-hydrogen) atoms. The molecule has 0 fully saturated rings. The molecule has 0 aromatic heterocycles. The smallest absolute Gasteiger partial charge is 0.415 e. The number of carboxylic acid groups (broad SMARTS) is 1. The van der Waals surface area contributed by atoms with Crippen LogP contribution in [-0.2, 0) is 22.4 Å². The molecule has 1 unspecified atom stereocenters. The third kappa shape index (κ3) is 9.97. The molecule has 7 nitrogen and oxygen atoms in total. The van der Waals surface area contributed by atoms with Gasteiger partial charge in [0, 0.05) is 19.6 Å². The predicted octanol–water partition coefficient (Wildman–Crippen LogP) is 5.62. The molecule has 3 aromatic carbocycles. The summed E-state index contributed by atoms with van der Waals surface area (Å²) >= 11 is 0. The number of rotatable bonds is 15. The quantitative estimate of drug-likeness (QED) is 0.270. The van der Waals surface area contributed by atoms with Gasteiger partial charge in [0.05, 0.1) is 6.54 Å². The Labute approximate surface area is 218 Å². The van der Waals surface area contributed by atoms with E-state index in [4.69, 9.17) is 14.2 Å². The fourth-order valence-electron chi connectivity index (χ4n) is 3.85. The third-order valence-corrected chi connectivity index (χ3v) is 5.81. The molecule has 0 aliphatic carbocycles. The van der Waals surface area contributed by atoms with E-state index in [1.165, 1.54) is 5.56 Å². The summed E-state index contributed by atoms with van der Waals surface area (Å²) in [5, 5.41) is 9.27. The minimum atomic E-state index is -0.978. The zero-order valence-corrected chi connectivity index (χ0v) is 21.3.